The molecule has 1 spiro atoms. The second-order valence-electron chi connectivity index (χ2n) is 6.81. The van der Waals surface area contributed by atoms with E-state index in [0.29, 0.717) is 0 Å². The zero-order chi connectivity index (χ0) is 15.4. The summed E-state index contributed by atoms with van der Waals surface area (Å²) in [6.07, 6.45) is 4.07. The number of aromatic nitrogens is 2. The minimum absolute atomic E-state index is 0.0710. The number of imidazole rings is 1. The first-order valence-electron chi connectivity index (χ1n) is 7.97. The van der Waals surface area contributed by atoms with E-state index in [4.69, 9.17) is 14.5 Å². The summed E-state index contributed by atoms with van der Waals surface area (Å²) in [6.45, 7) is 10.1. The van der Waals surface area contributed by atoms with Crippen molar-refractivity contribution in [1.29, 1.82) is 0 Å². The normalized spacial score (nSPS) is 22.9. The van der Waals surface area contributed by atoms with Crippen LogP contribution in [-0.2, 0) is 15.0 Å². The van der Waals surface area contributed by atoms with Crippen molar-refractivity contribution in [1.82, 2.24) is 14.3 Å². The minimum atomic E-state index is -0.308. The molecule has 0 N–H and O–H groups in total. The van der Waals surface area contributed by atoms with Crippen LogP contribution in [0.4, 0.5) is 0 Å². The van der Waals surface area contributed by atoms with E-state index in [1.165, 1.54) is 5.69 Å². The molecule has 0 bridgehead atoms. The van der Waals surface area contributed by atoms with Crippen LogP contribution in [0.25, 0.3) is 4.96 Å². The Hall–Kier alpha value is -0.950. The second kappa shape index (κ2) is 5.03. The third-order valence-corrected chi connectivity index (χ3v) is 6.10. The molecular weight excluding hydrogens is 298 g/mol. The monoisotopic (exact) mass is 321 g/mol. The number of rotatable bonds is 2. The first kappa shape index (κ1) is 14.6. The summed E-state index contributed by atoms with van der Waals surface area (Å²) in [4.78, 5) is 8.43. The molecule has 2 aromatic rings. The standard InChI is InChI=1S/C16H23N3O2S/c1-12-11-22-14-17-13(10-19(12)14)15(2,3)18-6-4-16(5-7-18)20-8-9-21-16/h10-11H,4-9H2,1-3H3. The molecule has 4 heterocycles. The Kier molecular flexibility index (Phi) is 3.34. The lowest BCUT2D eigenvalue weighted by atomic mass is 9.93. The number of ether oxygens (including phenoxy) is 2. The Balaban J connectivity index is 1.55. The molecule has 0 atom stereocenters. The van der Waals surface area contributed by atoms with Crippen molar-refractivity contribution >= 4 is 16.3 Å². The summed E-state index contributed by atoms with van der Waals surface area (Å²) in [7, 11) is 0. The van der Waals surface area contributed by atoms with Gasteiger partial charge >= 0.3 is 0 Å². The molecule has 2 fully saturated rings. The molecule has 4 rings (SSSR count). The summed E-state index contributed by atoms with van der Waals surface area (Å²) >= 11 is 1.71. The average Bonchev–Trinajstić information content (AvgIpc) is 3.19. The molecule has 0 saturated carbocycles. The van der Waals surface area contributed by atoms with E-state index in [0.717, 1.165) is 49.8 Å². The van der Waals surface area contributed by atoms with Crippen molar-refractivity contribution in [2.45, 2.75) is 44.9 Å². The zero-order valence-corrected chi connectivity index (χ0v) is 14.3. The SMILES string of the molecule is Cc1csc2nc(C(C)(C)N3CCC4(CC3)OCCO4)cn12. The van der Waals surface area contributed by atoms with E-state index in [2.05, 4.69) is 41.6 Å². The van der Waals surface area contributed by atoms with Gasteiger partial charge in [-0.25, -0.2) is 4.98 Å². The highest BCUT2D eigenvalue weighted by molar-refractivity contribution is 7.15. The Morgan fingerprint density at radius 2 is 1.91 bits per heavy atom. The van der Waals surface area contributed by atoms with Crippen LogP contribution in [0.15, 0.2) is 11.6 Å². The van der Waals surface area contributed by atoms with Gasteiger partial charge in [0, 0.05) is 43.2 Å². The molecule has 2 saturated heterocycles. The van der Waals surface area contributed by atoms with Gasteiger partial charge in [-0.15, -0.1) is 11.3 Å². The maximum absolute atomic E-state index is 5.83. The molecule has 6 heteroatoms. The van der Waals surface area contributed by atoms with Gasteiger partial charge in [0.2, 0.25) is 0 Å². The van der Waals surface area contributed by atoms with Crippen molar-refractivity contribution in [3.8, 4) is 0 Å². The lowest BCUT2D eigenvalue weighted by Crippen LogP contribution is -2.51. The number of likely N-dealkylation sites (tertiary alicyclic amines) is 1. The van der Waals surface area contributed by atoms with Crippen LogP contribution in [0.5, 0.6) is 0 Å². The zero-order valence-electron chi connectivity index (χ0n) is 13.5. The molecule has 120 valence electrons. The van der Waals surface area contributed by atoms with E-state index in [1.807, 2.05) is 0 Å². The van der Waals surface area contributed by atoms with Crippen LogP contribution >= 0.6 is 11.3 Å². The molecule has 0 unspecified atom stereocenters. The Labute approximate surface area is 134 Å². The highest BCUT2D eigenvalue weighted by atomic mass is 32.1. The van der Waals surface area contributed by atoms with E-state index < -0.39 is 0 Å². The van der Waals surface area contributed by atoms with Crippen LogP contribution in [0.2, 0.25) is 0 Å². The summed E-state index contributed by atoms with van der Waals surface area (Å²) in [5.74, 6) is -0.308. The van der Waals surface area contributed by atoms with E-state index in [1.54, 1.807) is 11.3 Å². The number of fused-ring (bicyclic) bond motifs is 1. The van der Waals surface area contributed by atoms with Crippen molar-refractivity contribution in [3.05, 3.63) is 23.0 Å². The molecule has 2 aliphatic heterocycles. The smallest absolute Gasteiger partial charge is 0.194 e. The molecule has 2 aromatic heterocycles. The molecule has 2 aliphatic rings. The molecule has 0 aromatic carbocycles. The van der Waals surface area contributed by atoms with Crippen molar-refractivity contribution < 1.29 is 9.47 Å². The van der Waals surface area contributed by atoms with Gasteiger partial charge in [-0.05, 0) is 20.8 Å². The molecule has 0 aliphatic carbocycles. The topological polar surface area (TPSA) is 39.0 Å². The lowest BCUT2D eigenvalue weighted by Gasteiger charge is -2.44. The molecule has 0 amide bonds. The van der Waals surface area contributed by atoms with Crippen molar-refractivity contribution in [3.63, 3.8) is 0 Å². The van der Waals surface area contributed by atoms with Crippen LogP contribution < -0.4 is 0 Å². The number of aryl methyl sites for hydroxylation is 1. The number of nitrogens with zero attached hydrogens (tertiary/aromatic N) is 3. The fourth-order valence-electron chi connectivity index (χ4n) is 3.54. The number of hydrogen-bond donors (Lipinski definition) is 0. The van der Waals surface area contributed by atoms with Crippen molar-refractivity contribution in [2.24, 2.45) is 0 Å². The van der Waals surface area contributed by atoms with Crippen LogP contribution in [0.1, 0.15) is 38.1 Å². The highest BCUT2D eigenvalue weighted by Gasteiger charge is 2.43. The Bertz CT molecular complexity index is 675. The van der Waals surface area contributed by atoms with Gasteiger partial charge in [0.05, 0.1) is 24.4 Å². The molecular formula is C16H23N3O2S. The maximum atomic E-state index is 5.83. The van der Waals surface area contributed by atoms with E-state index in [-0.39, 0.29) is 11.3 Å². The average molecular weight is 321 g/mol. The van der Waals surface area contributed by atoms with Crippen molar-refractivity contribution in [2.75, 3.05) is 26.3 Å². The molecule has 22 heavy (non-hydrogen) atoms. The molecule has 0 radical (unpaired) electrons. The predicted octanol–water partition coefficient (Wildman–Crippen LogP) is 2.78. The maximum Gasteiger partial charge on any atom is 0.194 e. The second-order valence-corrected chi connectivity index (χ2v) is 7.65. The van der Waals surface area contributed by atoms with Gasteiger partial charge in [-0.1, -0.05) is 0 Å². The predicted molar refractivity (Wildman–Crippen MR) is 86.3 cm³/mol. The van der Waals surface area contributed by atoms with Gasteiger partial charge in [-0.3, -0.25) is 9.30 Å². The minimum Gasteiger partial charge on any atom is -0.347 e. The van der Waals surface area contributed by atoms with Gasteiger partial charge in [0.15, 0.2) is 10.7 Å². The summed E-state index contributed by atoms with van der Waals surface area (Å²) in [6, 6.07) is 0. The number of hydrogen-bond acceptors (Lipinski definition) is 5. The van der Waals surface area contributed by atoms with Crippen LogP contribution in [0.3, 0.4) is 0 Å². The third-order valence-electron chi connectivity index (χ3n) is 5.14. The fourth-order valence-corrected chi connectivity index (χ4v) is 4.39. The summed E-state index contributed by atoms with van der Waals surface area (Å²) < 4.78 is 13.9. The van der Waals surface area contributed by atoms with Gasteiger partial charge < -0.3 is 9.47 Å². The number of piperidine rings is 1. The summed E-state index contributed by atoms with van der Waals surface area (Å²) in [5, 5.41) is 2.15. The van der Waals surface area contributed by atoms with Gasteiger partial charge in [-0.2, -0.15) is 0 Å². The fraction of sp³-hybridized carbons (Fsp3) is 0.688. The lowest BCUT2D eigenvalue weighted by molar-refractivity contribution is -0.192. The first-order valence-corrected chi connectivity index (χ1v) is 8.85. The largest absolute Gasteiger partial charge is 0.347 e. The van der Waals surface area contributed by atoms with E-state index >= 15 is 0 Å². The van der Waals surface area contributed by atoms with Crippen LogP contribution in [0, 0.1) is 6.92 Å². The first-order chi connectivity index (χ1) is 10.5. The highest BCUT2D eigenvalue weighted by Crippen LogP contribution is 2.37. The Morgan fingerprint density at radius 3 is 2.55 bits per heavy atom. The Morgan fingerprint density at radius 1 is 1.23 bits per heavy atom. The van der Waals surface area contributed by atoms with Gasteiger partial charge in [0.25, 0.3) is 0 Å². The summed E-state index contributed by atoms with van der Waals surface area (Å²) in [5.41, 5.74) is 2.32. The number of thiazole rings is 1. The van der Waals surface area contributed by atoms with E-state index in [9.17, 15) is 0 Å². The van der Waals surface area contributed by atoms with Gasteiger partial charge in [0.1, 0.15) is 0 Å². The van der Waals surface area contributed by atoms with Crippen LogP contribution in [-0.4, -0.2) is 46.4 Å². The molecule has 5 nitrogen and oxygen atoms in total. The third kappa shape index (κ3) is 2.21. The quantitative estimate of drug-likeness (QED) is 0.852.